The Hall–Kier alpha value is -0.740. The summed E-state index contributed by atoms with van der Waals surface area (Å²) in [6, 6.07) is 1.77. The third-order valence-corrected chi connectivity index (χ3v) is 3.69. The lowest BCUT2D eigenvalue weighted by atomic mass is 10.4. The molecule has 1 saturated heterocycles. The highest BCUT2D eigenvalue weighted by atomic mass is 35.5. The molecule has 0 aliphatic carbocycles. The second-order valence-electron chi connectivity index (χ2n) is 3.49. The second-order valence-corrected chi connectivity index (χ2v) is 5.02. The largest absolute Gasteiger partial charge is 0.496 e. The van der Waals surface area contributed by atoms with Crippen molar-refractivity contribution in [3.8, 4) is 5.75 Å². The molecule has 0 N–H and O–H groups in total. The van der Waals surface area contributed by atoms with Crippen molar-refractivity contribution >= 4 is 28.8 Å². The molecule has 82 valence electrons. The van der Waals surface area contributed by atoms with Crippen LogP contribution in [0.2, 0.25) is 0 Å². The summed E-state index contributed by atoms with van der Waals surface area (Å²) in [6.45, 7) is 1.41. The van der Waals surface area contributed by atoms with Crippen LogP contribution in [0.4, 0.5) is 0 Å². The van der Waals surface area contributed by atoms with Gasteiger partial charge in [-0.3, -0.25) is 4.79 Å². The summed E-state index contributed by atoms with van der Waals surface area (Å²) >= 11 is 7.37. The topological polar surface area (TPSA) is 29.5 Å². The molecule has 1 amide bonds. The first-order valence-corrected chi connectivity index (χ1v) is 6.08. The van der Waals surface area contributed by atoms with Gasteiger partial charge < -0.3 is 9.64 Å². The molecule has 0 spiro atoms. The van der Waals surface area contributed by atoms with Crippen LogP contribution in [0.25, 0.3) is 0 Å². The predicted octanol–water partition coefficient (Wildman–Crippen LogP) is 2.21. The van der Waals surface area contributed by atoms with E-state index >= 15 is 0 Å². The van der Waals surface area contributed by atoms with Crippen molar-refractivity contribution in [2.75, 3.05) is 20.2 Å². The second kappa shape index (κ2) is 4.41. The number of carbonyl (C=O) groups is 1. The highest BCUT2D eigenvalue weighted by Gasteiger charge is 2.26. The maximum absolute atomic E-state index is 11.9. The first-order valence-electron chi connectivity index (χ1n) is 4.76. The van der Waals surface area contributed by atoms with Crippen LogP contribution < -0.4 is 4.74 Å². The van der Waals surface area contributed by atoms with Crippen molar-refractivity contribution in [2.24, 2.45) is 0 Å². The Kier molecular flexibility index (Phi) is 3.17. The lowest BCUT2D eigenvalue weighted by molar-refractivity contribution is 0.0797. The molecule has 2 rings (SSSR count). The van der Waals surface area contributed by atoms with E-state index in [1.54, 1.807) is 18.1 Å². The van der Waals surface area contributed by atoms with Crippen molar-refractivity contribution in [1.82, 2.24) is 4.90 Å². The fourth-order valence-corrected chi connectivity index (χ4v) is 2.68. The number of nitrogens with zero attached hydrogens (tertiary/aromatic N) is 1. The SMILES string of the molecule is COc1csc(C(=O)N2CCC(Cl)C2)c1. The maximum Gasteiger partial charge on any atom is 0.264 e. The maximum atomic E-state index is 11.9. The van der Waals surface area contributed by atoms with E-state index in [-0.39, 0.29) is 11.3 Å². The summed E-state index contributed by atoms with van der Waals surface area (Å²) in [4.78, 5) is 14.5. The quantitative estimate of drug-likeness (QED) is 0.748. The van der Waals surface area contributed by atoms with Gasteiger partial charge in [-0.2, -0.15) is 0 Å². The monoisotopic (exact) mass is 245 g/mol. The first-order chi connectivity index (χ1) is 7.20. The van der Waals surface area contributed by atoms with E-state index in [1.165, 1.54) is 11.3 Å². The van der Waals surface area contributed by atoms with Crippen LogP contribution in [-0.2, 0) is 0 Å². The summed E-state index contributed by atoms with van der Waals surface area (Å²) in [5.74, 6) is 0.802. The van der Waals surface area contributed by atoms with Gasteiger partial charge in [0.1, 0.15) is 5.75 Å². The normalized spacial score (nSPS) is 20.7. The Morgan fingerprint density at radius 2 is 2.53 bits per heavy atom. The number of ether oxygens (including phenoxy) is 1. The molecule has 0 bridgehead atoms. The van der Waals surface area contributed by atoms with E-state index in [1.807, 2.05) is 5.38 Å². The smallest absolute Gasteiger partial charge is 0.264 e. The van der Waals surface area contributed by atoms with Gasteiger partial charge in [0.2, 0.25) is 0 Å². The fraction of sp³-hybridized carbons (Fsp3) is 0.500. The van der Waals surface area contributed by atoms with E-state index < -0.39 is 0 Å². The van der Waals surface area contributed by atoms with Gasteiger partial charge in [0, 0.05) is 24.5 Å². The van der Waals surface area contributed by atoms with Crippen LogP contribution in [0.1, 0.15) is 16.1 Å². The van der Waals surface area contributed by atoms with Crippen LogP contribution in [0.3, 0.4) is 0 Å². The van der Waals surface area contributed by atoms with Crippen LogP contribution >= 0.6 is 22.9 Å². The molecule has 1 aliphatic heterocycles. The summed E-state index contributed by atoms with van der Waals surface area (Å²) in [7, 11) is 1.60. The molecule has 0 aromatic carbocycles. The number of hydrogen-bond donors (Lipinski definition) is 0. The van der Waals surface area contributed by atoms with Crippen molar-refractivity contribution in [3.05, 3.63) is 16.3 Å². The van der Waals surface area contributed by atoms with Crippen molar-refractivity contribution in [1.29, 1.82) is 0 Å². The number of hydrogen-bond acceptors (Lipinski definition) is 3. The molecule has 0 saturated carbocycles. The summed E-state index contributed by atoms with van der Waals surface area (Å²) in [5, 5.41) is 1.94. The minimum Gasteiger partial charge on any atom is -0.496 e. The molecule has 0 radical (unpaired) electrons. The van der Waals surface area contributed by atoms with Gasteiger partial charge >= 0.3 is 0 Å². The highest BCUT2D eigenvalue weighted by molar-refractivity contribution is 7.12. The number of likely N-dealkylation sites (tertiary alicyclic amines) is 1. The number of rotatable bonds is 2. The van der Waals surface area contributed by atoms with Crippen molar-refractivity contribution in [2.45, 2.75) is 11.8 Å². The van der Waals surface area contributed by atoms with Crippen molar-refractivity contribution in [3.63, 3.8) is 0 Å². The molecule has 1 fully saturated rings. The van der Waals surface area contributed by atoms with Gasteiger partial charge in [0.25, 0.3) is 5.91 Å². The van der Waals surface area contributed by atoms with Gasteiger partial charge in [0.05, 0.1) is 17.4 Å². The van der Waals surface area contributed by atoms with Gasteiger partial charge in [-0.25, -0.2) is 0 Å². The van der Waals surface area contributed by atoms with E-state index in [9.17, 15) is 4.79 Å². The van der Waals surface area contributed by atoms with E-state index in [4.69, 9.17) is 16.3 Å². The van der Waals surface area contributed by atoms with Gasteiger partial charge in [0.15, 0.2) is 0 Å². The number of halogens is 1. The molecule has 2 heterocycles. The van der Waals surface area contributed by atoms with Crippen LogP contribution in [0.5, 0.6) is 5.75 Å². The lowest BCUT2D eigenvalue weighted by Crippen LogP contribution is -2.28. The molecule has 1 atom stereocenters. The number of methoxy groups -OCH3 is 1. The summed E-state index contributed by atoms with van der Waals surface area (Å²) in [6.07, 6.45) is 0.885. The van der Waals surface area contributed by atoms with Crippen LogP contribution in [-0.4, -0.2) is 36.4 Å². The molecular formula is C10H12ClNO2S. The van der Waals surface area contributed by atoms with Crippen LogP contribution in [0, 0.1) is 0 Å². The molecular weight excluding hydrogens is 234 g/mol. The zero-order chi connectivity index (χ0) is 10.8. The molecule has 15 heavy (non-hydrogen) atoms. The Morgan fingerprint density at radius 3 is 3.07 bits per heavy atom. The minimum atomic E-state index is 0.0615. The first kappa shape index (κ1) is 10.8. The molecule has 1 aromatic heterocycles. The summed E-state index contributed by atoms with van der Waals surface area (Å²) < 4.78 is 5.04. The zero-order valence-electron chi connectivity index (χ0n) is 8.40. The Morgan fingerprint density at radius 1 is 1.73 bits per heavy atom. The Labute approximate surface area is 97.6 Å². The summed E-state index contributed by atoms with van der Waals surface area (Å²) in [5.41, 5.74) is 0. The molecule has 1 aliphatic rings. The lowest BCUT2D eigenvalue weighted by Gasteiger charge is -2.13. The average molecular weight is 246 g/mol. The van der Waals surface area contributed by atoms with Crippen molar-refractivity contribution < 1.29 is 9.53 Å². The van der Waals surface area contributed by atoms with E-state index in [0.717, 1.165) is 23.6 Å². The van der Waals surface area contributed by atoms with Gasteiger partial charge in [-0.05, 0) is 6.42 Å². The molecule has 1 aromatic rings. The number of thiophene rings is 1. The zero-order valence-corrected chi connectivity index (χ0v) is 9.98. The fourth-order valence-electron chi connectivity index (χ4n) is 1.60. The Balaban J connectivity index is 2.07. The van der Waals surface area contributed by atoms with Crippen LogP contribution in [0.15, 0.2) is 11.4 Å². The predicted molar refractivity (Wildman–Crippen MR) is 61.0 cm³/mol. The number of amides is 1. The number of carbonyl (C=O) groups excluding carboxylic acids is 1. The third-order valence-electron chi connectivity index (χ3n) is 2.44. The van der Waals surface area contributed by atoms with E-state index in [0.29, 0.717) is 6.54 Å². The molecule has 5 heteroatoms. The van der Waals surface area contributed by atoms with E-state index in [2.05, 4.69) is 0 Å². The van der Waals surface area contributed by atoms with Gasteiger partial charge in [-0.1, -0.05) is 0 Å². The average Bonchev–Trinajstić information content (AvgIpc) is 2.84. The molecule has 1 unspecified atom stereocenters. The van der Waals surface area contributed by atoms with Gasteiger partial charge in [-0.15, -0.1) is 22.9 Å². The standard InChI is InChI=1S/C10H12ClNO2S/c1-14-8-4-9(15-6-8)10(13)12-3-2-7(11)5-12/h4,6-7H,2-3,5H2,1H3. The number of alkyl halides is 1. The Bertz CT molecular complexity index is 366. The highest BCUT2D eigenvalue weighted by Crippen LogP contribution is 2.24. The minimum absolute atomic E-state index is 0.0615. The molecule has 3 nitrogen and oxygen atoms in total. The third kappa shape index (κ3) is 2.26.